The van der Waals surface area contributed by atoms with Crippen LogP contribution in [0.25, 0.3) is 11.4 Å². The minimum Gasteiger partial charge on any atom is -0.302 e. The molecule has 10 heteroatoms. The zero-order chi connectivity index (χ0) is 20.8. The van der Waals surface area contributed by atoms with Crippen molar-refractivity contribution in [3.63, 3.8) is 0 Å². The maximum absolute atomic E-state index is 12.1. The summed E-state index contributed by atoms with van der Waals surface area (Å²) in [7, 11) is 0. The first-order chi connectivity index (χ1) is 14.0. The van der Waals surface area contributed by atoms with E-state index in [4.69, 9.17) is 34.8 Å². The fourth-order valence-electron chi connectivity index (χ4n) is 2.45. The Morgan fingerprint density at radius 3 is 2.66 bits per heavy atom. The van der Waals surface area contributed by atoms with Gasteiger partial charge in [0.15, 0.2) is 11.0 Å². The molecule has 150 valence electrons. The summed E-state index contributed by atoms with van der Waals surface area (Å²) in [6.07, 6.45) is 1.45. The number of thioether (sulfide) groups is 1. The van der Waals surface area contributed by atoms with Gasteiger partial charge >= 0.3 is 0 Å². The number of rotatable bonds is 7. The van der Waals surface area contributed by atoms with Gasteiger partial charge in [-0.1, -0.05) is 58.7 Å². The fourth-order valence-corrected chi connectivity index (χ4v) is 3.73. The first kappa shape index (κ1) is 21.6. The number of carbonyl (C=O) groups is 1. The van der Waals surface area contributed by atoms with Gasteiger partial charge in [0.2, 0.25) is 0 Å². The van der Waals surface area contributed by atoms with E-state index in [0.717, 1.165) is 11.4 Å². The van der Waals surface area contributed by atoms with Crippen molar-refractivity contribution in [1.82, 2.24) is 20.2 Å². The number of halogens is 3. The summed E-state index contributed by atoms with van der Waals surface area (Å²) in [6.45, 7) is 2.66. The van der Waals surface area contributed by atoms with Gasteiger partial charge in [-0.25, -0.2) is 5.43 Å². The van der Waals surface area contributed by atoms with Crippen molar-refractivity contribution < 1.29 is 4.79 Å². The summed E-state index contributed by atoms with van der Waals surface area (Å²) in [5.74, 6) is 0.586. The fraction of sp³-hybridized carbons (Fsp3) is 0.158. The van der Waals surface area contributed by atoms with E-state index in [9.17, 15) is 4.79 Å². The number of nitrogens with zero attached hydrogens (tertiary/aromatic N) is 4. The molecule has 1 aromatic heterocycles. The van der Waals surface area contributed by atoms with E-state index >= 15 is 0 Å². The molecule has 0 atom stereocenters. The van der Waals surface area contributed by atoms with Crippen molar-refractivity contribution in [1.29, 1.82) is 0 Å². The van der Waals surface area contributed by atoms with Crippen molar-refractivity contribution in [3.05, 3.63) is 63.1 Å². The van der Waals surface area contributed by atoms with Crippen LogP contribution in [0.1, 0.15) is 12.5 Å². The van der Waals surface area contributed by atoms with Gasteiger partial charge in [0.05, 0.1) is 22.0 Å². The van der Waals surface area contributed by atoms with Gasteiger partial charge in [0, 0.05) is 22.7 Å². The van der Waals surface area contributed by atoms with E-state index in [-0.39, 0.29) is 11.7 Å². The van der Waals surface area contributed by atoms with Crippen LogP contribution in [0.2, 0.25) is 15.1 Å². The van der Waals surface area contributed by atoms with Gasteiger partial charge in [-0.15, -0.1) is 10.2 Å². The molecule has 0 spiro atoms. The van der Waals surface area contributed by atoms with Gasteiger partial charge in [-0.2, -0.15) is 5.10 Å². The minimum atomic E-state index is -0.275. The highest BCUT2D eigenvalue weighted by atomic mass is 35.5. The van der Waals surface area contributed by atoms with E-state index in [2.05, 4.69) is 20.7 Å². The number of hydrogen-bond donors (Lipinski definition) is 1. The zero-order valence-corrected chi connectivity index (χ0v) is 18.4. The Hall–Kier alpha value is -2.06. The third kappa shape index (κ3) is 5.51. The Morgan fingerprint density at radius 2 is 1.93 bits per heavy atom. The highest BCUT2D eigenvalue weighted by Crippen LogP contribution is 2.25. The molecule has 0 aliphatic heterocycles. The monoisotopic (exact) mass is 467 g/mol. The van der Waals surface area contributed by atoms with Gasteiger partial charge in [-0.3, -0.25) is 4.79 Å². The molecule has 3 rings (SSSR count). The van der Waals surface area contributed by atoms with Crippen molar-refractivity contribution in [2.75, 3.05) is 5.75 Å². The number of hydrazone groups is 1. The number of carbonyl (C=O) groups excluding carboxylic acids is 1. The number of benzene rings is 2. The Balaban J connectivity index is 1.61. The molecule has 0 bridgehead atoms. The Bertz CT molecular complexity index is 1040. The first-order valence-electron chi connectivity index (χ1n) is 8.57. The predicted octanol–water partition coefficient (Wildman–Crippen LogP) is 5.17. The van der Waals surface area contributed by atoms with Crippen LogP contribution < -0.4 is 5.43 Å². The number of nitrogens with one attached hydrogen (secondary N) is 1. The second kappa shape index (κ2) is 10.1. The molecule has 6 nitrogen and oxygen atoms in total. The standard InChI is InChI=1S/C19H16Cl3N5OS/c1-2-27-18(12-6-8-14(20)9-7-12)25-26-19(27)29-11-16(28)24-23-10-13-4-3-5-15(21)17(13)22/h3-10H,2,11H2,1H3,(H,24,28)/b23-10-. The molecule has 1 heterocycles. The van der Waals surface area contributed by atoms with Gasteiger partial charge in [-0.05, 0) is 37.3 Å². The molecule has 3 aromatic rings. The average Bonchev–Trinajstić information content (AvgIpc) is 3.13. The van der Waals surface area contributed by atoms with Crippen LogP contribution in [0, 0.1) is 0 Å². The molecule has 0 fully saturated rings. The van der Waals surface area contributed by atoms with Crippen molar-refractivity contribution in [2.45, 2.75) is 18.6 Å². The van der Waals surface area contributed by atoms with Crippen molar-refractivity contribution in [2.24, 2.45) is 5.10 Å². The molecular weight excluding hydrogens is 453 g/mol. The largest absolute Gasteiger partial charge is 0.302 e. The highest BCUT2D eigenvalue weighted by Gasteiger charge is 2.14. The molecule has 2 aromatic carbocycles. The van der Waals surface area contributed by atoms with Crippen molar-refractivity contribution in [3.8, 4) is 11.4 Å². The molecule has 0 saturated heterocycles. The SMILES string of the molecule is CCn1c(SCC(=O)N/N=C\c2cccc(Cl)c2Cl)nnc1-c1ccc(Cl)cc1. The second-order valence-electron chi connectivity index (χ2n) is 5.78. The summed E-state index contributed by atoms with van der Waals surface area (Å²) in [6, 6.07) is 12.6. The minimum absolute atomic E-state index is 0.138. The van der Waals surface area contributed by atoms with Crippen LogP contribution >= 0.6 is 46.6 Å². The zero-order valence-electron chi connectivity index (χ0n) is 15.3. The summed E-state index contributed by atoms with van der Waals surface area (Å²) < 4.78 is 1.94. The van der Waals surface area contributed by atoms with E-state index < -0.39 is 0 Å². The van der Waals surface area contributed by atoms with E-state index in [1.807, 2.05) is 23.6 Å². The molecule has 0 aliphatic carbocycles. The van der Waals surface area contributed by atoms with E-state index in [1.165, 1.54) is 18.0 Å². The number of amides is 1. The smallest absolute Gasteiger partial charge is 0.250 e. The van der Waals surface area contributed by atoms with Gasteiger partial charge < -0.3 is 4.57 Å². The summed E-state index contributed by atoms with van der Waals surface area (Å²) in [5.41, 5.74) is 3.99. The van der Waals surface area contributed by atoms with Crippen LogP contribution in [0.15, 0.2) is 52.7 Å². The Kier molecular flexibility index (Phi) is 7.55. The van der Waals surface area contributed by atoms with Gasteiger partial charge in [0.25, 0.3) is 5.91 Å². The third-order valence-corrected chi connectivity index (χ3v) is 5.89. The van der Waals surface area contributed by atoms with Crippen LogP contribution in [0.5, 0.6) is 0 Å². The molecule has 1 amide bonds. The maximum atomic E-state index is 12.1. The predicted molar refractivity (Wildman–Crippen MR) is 119 cm³/mol. The number of hydrogen-bond acceptors (Lipinski definition) is 5. The maximum Gasteiger partial charge on any atom is 0.250 e. The molecular formula is C19H16Cl3N5OS. The van der Waals surface area contributed by atoms with E-state index in [0.29, 0.717) is 32.3 Å². The number of aromatic nitrogens is 3. The summed E-state index contributed by atoms with van der Waals surface area (Å²) >= 11 is 19.3. The topological polar surface area (TPSA) is 72.2 Å². The van der Waals surface area contributed by atoms with Crippen LogP contribution in [0.4, 0.5) is 0 Å². The molecule has 29 heavy (non-hydrogen) atoms. The normalized spacial score (nSPS) is 11.2. The molecule has 1 N–H and O–H groups in total. The summed E-state index contributed by atoms with van der Waals surface area (Å²) in [5, 5.41) is 14.5. The van der Waals surface area contributed by atoms with E-state index in [1.54, 1.807) is 30.3 Å². The molecule has 0 saturated carbocycles. The van der Waals surface area contributed by atoms with Crippen LogP contribution in [-0.2, 0) is 11.3 Å². The second-order valence-corrected chi connectivity index (χ2v) is 7.95. The molecule has 0 aliphatic rings. The highest BCUT2D eigenvalue weighted by molar-refractivity contribution is 7.99. The quantitative estimate of drug-likeness (QED) is 0.295. The van der Waals surface area contributed by atoms with Crippen LogP contribution in [-0.4, -0.2) is 32.6 Å². The first-order valence-corrected chi connectivity index (χ1v) is 10.7. The molecule has 0 unspecified atom stereocenters. The van der Waals surface area contributed by atoms with Crippen molar-refractivity contribution >= 4 is 58.7 Å². The Morgan fingerprint density at radius 1 is 1.17 bits per heavy atom. The Labute approximate surface area is 187 Å². The van der Waals surface area contributed by atoms with Crippen LogP contribution in [0.3, 0.4) is 0 Å². The lowest BCUT2D eigenvalue weighted by Crippen LogP contribution is -2.20. The lowest BCUT2D eigenvalue weighted by Gasteiger charge is -2.07. The van der Waals surface area contributed by atoms with Gasteiger partial charge in [0.1, 0.15) is 0 Å². The average molecular weight is 469 g/mol. The summed E-state index contributed by atoms with van der Waals surface area (Å²) in [4.78, 5) is 12.1. The third-order valence-electron chi connectivity index (χ3n) is 3.84. The lowest BCUT2D eigenvalue weighted by molar-refractivity contribution is -0.118. The molecule has 0 radical (unpaired) electrons. The lowest BCUT2D eigenvalue weighted by atomic mass is 10.2.